The van der Waals surface area contributed by atoms with E-state index in [4.69, 9.17) is 15.2 Å². The molecular weight excluding hydrogens is 244 g/mol. The van der Waals surface area contributed by atoms with Gasteiger partial charge in [-0.15, -0.1) is 0 Å². The molecule has 5 nitrogen and oxygen atoms in total. The van der Waals surface area contributed by atoms with Crippen LogP contribution in [0.25, 0.3) is 0 Å². The lowest BCUT2D eigenvalue weighted by Gasteiger charge is -2.14. The number of para-hydroxylation sites is 2. The van der Waals surface area contributed by atoms with Gasteiger partial charge in [-0.3, -0.25) is 4.79 Å². The molecular formula is C14H20N2O3. The molecule has 1 aliphatic heterocycles. The van der Waals surface area contributed by atoms with E-state index in [2.05, 4.69) is 5.32 Å². The number of amides is 1. The first-order chi connectivity index (χ1) is 9.20. The van der Waals surface area contributed by atoms with Gasteiger partial charge in [0.2, 0.25) is 0 Å². The van der Waals surface area contributed by atoms with Crippen LogP contribution in [0, 0.1) is 0 Å². The molecule has 0 aromatic heterocycles. The van der Waals surface area contributed by atoms with E-state index in [0.29, 0.717) is 24.6 Å². The van der Waals surface area contributed by atoms with Gasteiger partial charge in [-0.25, -0.2) is 0 Å². The Balaban J connectivity index is 2.00. The molecule has 1 amide bonds. The predicted octanol–water partition coefficient (Wildman–Crippen LogP) is 1.53. The smallest absolute Gasteiger partial charge is 0.253 e. The minimum Gasteiger partial charge on any atom is -0.490 e. The summed E-state index contributed by atoms with van der Waals surface area (Å²) in [4.78, 5) is 12.1. The Bertz CT molecular complexity index is 436. The lowest BCUT2D eigenvalue weighted by atomic mass is 10.2. The maximum atomic E-state index is 12.1. The number of carbonyl (C=O) groups excluding carboxylic acids is 1. The molecule has 3 N–H and O–H groups in total. The molecule has 1 aromatic rings. The molecule has 0 aliphatic carbocycles. The number of rotatable bonds is 5. The molecule has 1 heterocycles. The number of benzene rings is 1. The van der Waals surface area contributed by atoms with E-state index in [-0.39, 0.29) is 18.1 Å². The molecule has 2 unspecified atom stereocenters. The second-order valence-electron chi connectivity index (χ2n) is 4.64. The molecule has 2 rings (SSSR count). The van der Waals surface area contributed by atoms with Crippen LogP contribution in [0.15, 0.2) is 24.3 Å². The van der Waals surface area contributed by atoms with Gasteiger partial charge in [0, 0.05) is 6.54 Å². The third-order valence-electron chi connectivity index (χ3n) is 3.04. The Morgan fingerprint density at radius 3 is 2.95 bits per heavy atom. The first kappa shape index (κ1) is 13.8. The molecule has 5 heteroatoms. The fourth-order valence-electron chi connectivity index (χ4n) is 2.07. The molecule has 0 radical (unpaired) electrons. The van der Waals surface area contributed by atoms with Crippen molar-refractivity contribution in [1.82, 2.24) is 0 Å². The highest BCUT2D eigenvalue weighted by Crippen LogP contribution is 2.26. The maximum Gasteiger partial charge on any atom is 0.253 e. The van der Waals surface area contributed by atoms with E-state index >= 15 is 0 Å². The Morgan fingerprint density at radius 2 is 2.26 bits per heavy atom. The molecule has 2 atom stereocenters. The van der Waals surface area contributed by atoms with Gasteiger partial charge in [0.1, 0.15) is 18.5 Å². The highest BCUT2D eigenvalue weighted by molar-refractivity contribution is 5.95. The number of nitrogens with one attached hydrogen (secondary N) is 1. The van der Waals surface area contributed by atoms with Gasteiger partial charge in [-0.05, 0) is 31.9 Å². The topological polar surface area (TPSA) is 73.6 Å². The monoisotopic (exact) mass is 264 g/mol. The van der Waals surface area contributed by atoms with Gasteiger partial charge in [0.25, 0.3) is 5.91 Å². The summed E-state index contributed by atoms with van der Waals surface area (Å²) < 4.78 is 11.0. The summed E-state index contributed by atoms with van der Waals surface area (Å²) in [5.41, 5.74) is 6.07. The Morgan fingerprint density at radius 1 is 1.47 bits per heavy atom. The summed E-state index contributed by atoms with van der Waals surface area (Å²) in [7, 11) is 0. The van der Waals surface area contributed by atoms with Crippen molar-refractivity contribution in [3.63, 3.8) is 0 Å². The number of hydrogen-bond acceptors (Lipinski definition) is 4. The Kier molecular flexibility index (Phi) is 4.76. The van der Waals surface area contributed by atoms with Crippen LogP contribution in [0.2, 0.25) is 0 Å². The van der Waals surface area contributed by atoms with Crippen molar-refractivity contribution in [1.29, 1.82) is 0 Å². The standard InChI is InChI=1S/C14H20N2O3/c1-10-6-7-13(19-10)14(17)16-11-4-2-3-5-12(11)18-9-8-15/h2-5,10,13H,6-9,15H2,1H3,(H,16,17). The second-order valence-corrected chi connectivity index (χ2v) is 4.64. The van der Waals surface area contributed by atoms with Gasteiger partial charge < -0.3 is 20.5 Å². The summed E-state index contributed by atoms with van der Waals surface area (Å²) in [6.07, 6.45) is 1.47. The first-order valence-electron chi connectivity index (χ1n) is 6.59. The third-order valence-corrected chi connectivity index (χ3v) is 3.04. The largest absolute Gasteiger partial charge is 0.490 e. The zero-order valence-electron chi connectivity index (χ0n) is 11.1. The van der Waals surface area contributed by atoms with Crippen molar-refractivity contribution in [3.05, 3.63) is 24.3 Å². The van der Waals surface area contributed by atoms with Crippen molar-refractivity contribution in [2.75, 3.05) is 18.5 Å². The van der Waals surface area contributed by atoms with Crippen LogP contribution >= 0.6 is 0 Å². The maximum absolute atomic E-state index is 12.1. The first-order valence-corrected chi connectivity index (χ1v) is 6.59. The van der Waals surface area contributed by atoms with Crippen molar-refractivity contribution >= 4 is 11.6 Å². The highest BCUT2D eigenvalue weighted by Gasteiger charge is 2.28. The fourth-order valence-corrected chi connectivity index (χ4v) is 2.07. The summed E-state index contributed by atoms with van der Waals surface area (Å²) in [5.74, 6) is 0.514. The molecule has 0 spiro atoms. The summed E-state index contributed by atoms with van der Waals surface area (Å²) in [6.45, 7) is 2.83. The fraction of sp³-hybridized carbons (Fsp3) is 0.500. The van der Waals surface area contributed by atoms with Crippen LogP contribution in [-0.4, -0.2) is 31.3 Å². The number of nitrogens with two attached hydrogens (primary N) is 1. The van der Waals surface area contributed by atoms with E-state index in [9.17, 15) is 4.79 Å². The van der Waals surface area contributed by atoms with E-state index < -0.39 is 0 Å². The average molecular weight is 264 g/mol. The summed E-state index contributed by atoms with van der Waals surface area (Å²) in [6, 6.07) is 7.32. The zero-order chi connectivity index (χ0) is 13.7. The molecule has 1 fully saturated rings. The third kappa shape index (κ3) is 3.68. The minimum atomic E-state index is -0.363. The SMILES string of the molecule is CC1CCC(C(=O)Nc2ccccc2OCCN)O1. The van der Waals surface area contributed by atoms with E-state index in [1.54, 1.807) is 0 Å². The molecule has 1 saturated heterocycles. The van der Waals surface area contributed by atoms with Gasteiger partial charge in [-0.2, -0.15) is 0 Å². The average Bonchev–Trinajstić information content (AvgIpc) is 2.84. The minimum absolute atomic E-state index is 0.117. The molecule has 0 bridgehead atoms. The molecule has 1 aliphatic rings. The lowest BCUT2D eigenvalue weighted by Crippen LogP contribution is -2.28. The number of ether oxygens (including phenoxy) is 2. The van der Waals surface area contributed by atoms with Crippen LogP contribution in [0.3, 0.4) is 0 Å². The molecule has 0 saturated carbocycles. The lowest BCUT2D eigenvalue weighted by molar-refractivity contribution is -0.126. The van der Waals surface area contributed by atoms with Crippen LogP contribution in [0.5, 0.6) is 5.75 Å². The van der Waals surface area contributed by atoms with E-state index in [1.807, 2.05) is 31.2 Å². The van der Waals surface area contributed by atoms with E-state index in [0.717, 1.165) is 12.8 Å². The number of carbonyl (C=O) groups is 1. The summed E-state index contributed by atoms with van der Waals surface area (Å²) in [5, 5.41) is 2.85. The van der Waals surface area contributed by atoms with Gasteiger partial charge >= 0.3 is 0 Å². The van der Waals surface area contributed by atoms with Crippen molar-refractivity contribution < 1.29 is 14.3 Å². The van der Waals surface area contributed by atoms with Crippen molar-refractivity contribution in [2.45, 2.75) is 32.0 Å². The van der Waals surface area contributed by atoms with Gasteiger partial charge in [0.15, 0.2) is 0 Å². The molecule has 19 heavy (non-hydrogen) atoms. The van der Waals surface area contributed by atoms with Crippen molar-refractivity contribution in [3.8, 4) is 5.75 Å². The normalized spacial score (nSPS) is 22.2. The number of hydrogen-bond donors (Lipinski definition) is 2. The molecule has 1 aromatic carbocycles. The van der Waals surface area contributed by atoms with Gasteiger partial charge in [-0.1, -0.05) is 12.1 Å². The second kappa shape index (κ2) is 6.54. The van der Waals surface area contributed by atoms with Crippen LogP contribution in [0.4, 0.5) is 5.69 Å². The predicted molar refractivity (Wildman–Crippen MR) is 73.2 cm³/mol. The van der Waals surface area contributed by atoms with E-state index in [1.165, 1.54) is 0 Å². The summed E-state index contributed by atoms with van der Waals surface area (Å²) >= 11 is 0. The highest BCUT2D eigenvalue weighted by atomic mass is 16.5. The van der Waals surface area contributed by atoms with Crippen LogP contribution < -0.4 is 15.8 Å². The van der Waals surface area contributed by atoms with Gasteiger partial charge in [0.05, 0.1) is 11.8 Å². The quantitative estimate of drug-likeness (QED) is 0.846. The Hall–Kier alpha value is -1.59. The Labute approximate surface area is 113 Å². The molecule has 104 valence electrons. The zero-order valence-corrected chi connectivity index (χ0v) is 11.1. The van der Waals surface area contributed by atoms with Crippen LogP contribution in [0.1, 0.15) is 19.8 Å². The van der Waals surface area contributed by atoms with Crippen LogP contribution in [-0.2, 0) is 9.53 Å². The number of anilines is 1. The van der Waals surface area contributed by atoms with Crippen molar-refractivity contribution in [2.24, 2.45) is 5.73 Å².